The second kappa shape index (κ2) is 8.29. The third-order valence-electron chi connectivity index (χ3n) is 5.32. The van der Waals surface area contributed by atoms with Crippen molar-refractivity contribution in [2.24, 2.45) is 7.05 Å². The third-order valence-corrected chi connectivity index (χ3v) is 5.32. The van der Waals surface area contributed by atoms with Gasteiger partial charge in [0.1, 0.15) is 5.75 Å². The van der Waals surface area contributed by atoms with E-state index < -0.39 is 0 Å². The Kier molecular flexibility index (Phi) is 5.39. The molecule has 4 rings (SSSR count). The summed E-state index contributed by atoms with van der Waals surface area (Å²) in [7, 11) is 3.56. The first-order valence-electron chi connectivity index (χ1n) is 9.74. The summed E-state index contributed by atoms with van der Waals surface area (Å²) >= 11 is 0. The Balaban J connectivity index is 1.64. The molecule has 0 saturated heterocycles. The molecule has 2 aromatic heterocycles. The number of methoxy groups -OCH3 is 1. The zero-order valence-electron chi connectivity index (χ0n) is 17.0. The molecule has 0 aliphatic rings. The van der Waals surface area contributed by atoms with E-state index in [0.717, 1.165) is 34.6 Å². The summed E-state index contributed by atoms with van der Waals surface area (Å²) < 4.78 is 7.14. The summed E-state index contributed by atoms with van der Waals surface area (Å²) in [5.41, 5.74) is 11.2. The topological polar surface area (TPSA) is 85.9 Å². The van der Waals surface area contributed by atoms with Gasteiger partial charge in [0.15, 0.2) is 5.95 Å². The first-order chi connectivity index (χ1) is 14.5. The van der Waals surface area contributed by atoms with Crippen LogP contribution >= 0.6 is 0 Å². The standard InChI is InChI=1S/C24H24N4O2/c1-28-15-22(27-24(28)25)21(18-7-10-20(30-2)11-8-18)13-16-3-5-17(6-4-16)19-9-12-23(29)26-14-19/h3-12,14-15,21H,13H2,1-2H3,(H2,25,27)(H,26,29). The van der Waals surface area contributed by atoms with Crippen LogP contribution in [0.15, 0.2) is 77.9 Å². The second-order valence-electron chi connectivity index (χ2n) is 7.30. The fourth-order valence-corrected chi connectivity index (χ4v) is 3.56. The van der Waals surface area contributed by atoms with Crippen LogP contribution in [0.4, 0.5) is 5.95 Å². The fourth-order valence-electron chi connectivity index (χ4n) is 3.56. The Morgan fingerprint density at radius 3 is 2.30 bits per heavy atom. The van der Waals surface area contributed by atoms with Crippen molar-refractivity contribution in [2.75, 3.05) is 12.8 Å². The average molecular weight is 400 g/mol. The number of pyridine rings is 1. The Morgan fingerprint density at radius 2 is 1.73 bits per heavy atom. The zero-order valence-corrected chi connectivity index (χ0v) is 17.0. The molecule has 0 saturated carbocycles. The van der Waals surface area contributed by atoms with Crippen molar-refractivity contribution in [3.63, 3.8) is 0 Å². The lowest BCUT2D eigenvalue weighted by atomic mass is 9.89. The zero-order chi connectivity index (χ0) is 21.1. The average Bonchev–Trinajstić information content (AvgIpc) is 3.11. The number of rotatable bonds is 6. The number of hydrogen-bond donors (Lipinski definition) is 2. The number of ether oxygens (including phenoxy) is 1. The van der Waals surface area contributed by atoms with Gasteiger partial charge in [0.25, 0.3) is 0 Å². The number of nitrogens with one attached hydrogen (secondary N) is 1. The summed E-state index contributed by atoms with van der Waals surface area (Å²) in [6, 6.07) is 19.8. The van der Waals surface area contributed by atoms with Crippen LogP contribution in [-0.4, -0.2) is 21.6 Å². The molecular formula is C24H24N4O2. The van der Waals surface area contributed by atoms with Crippen molar-refractivity contribution in [2.45, 2.75) is 12.3 Å². The molecule has 4 aromatic rings. The van der Waals surface area contributed by atoms with Gasteiger partial charge < -0.3 is 20.0 Å². The predicted octanol–water partition coefficient (Wildman–Crippen LogP) is 3.74. The van der Waals surface area contributed by atoms with Crippen LogP contribution in [-0.2, 0) is 13.5 Å². The largest absolute Gasteiger partial charge is 0.497 e. The molecule has 0 spiro atoms. The minimum absolute atomic E-state index is 0.0679. The van der Waals surface area contributed by atoms with Crippen molar-refractivity contribution >= 4 is 5.95 Å². The van der Waals surface area contributed by atoms with Gasteiger partial charge in [0, 0.05) is 31.4 Å². The number of anilines is 1. The van der Waals surface area contributed by atoms with Crippen molar-refractivity contribution in [1.82, 2.24) is 14.5 Å². The number of nitrogen functional groups attached to an aromatic ring is 1. The molecule has 3 N–H and O–H groups in total. The Labute approximate surface area is 175 Å². The van der Waals surface area contributed by atoms with E-state index in [1.807, 2.05) is 36.0 Å². The maximum Gasteiger partial charge on any atom is 0.247 e. The lowest BCUT2D eigenvalue weighted by Crippen LogP contribution is -2.06. The quantitative estimate of drug-likeness (QED) is 0.516. The molecule has 6 heteroatoms. The smallest absolute Gasteiger partial charge is 0.247 e. The molecule has 30 heavy (non-hydrogen) atoms. The van der Waals surface area contributed by atoms with Crippen LogP contribution in [0, 0.1) is 0 Å². The molecule has 0 aliphatic heterocycles. The van der Waals surface area contributed by atoms with Gasteiger partial charge in [-0.1, -0.05) is 36.4 Å². The number of H-pyrrole nitrogens is 1. The van der Waals surface area contributed by atoms with Gasteiger partial charge in [0.2, 0.25) is 5.56 Å². The molecule has 2 aromatic carbocycles. The Morgan fingerprint density at radius 1 is 1.03 bits per heavy atom. The van der Waals surface area contributed by atoms with Gasteiger partial charge in [-0.15, -0.1) is 0 Å². The molecule has 0 aliphatic carbocycles. The van der Waals surface area contributed by atoms with E-state index in [-0.39, 0.29) is 11.5 Å². The van der Waals surface area contributed by atoms with Crippen LogP contribution in [0.3, 0.4) is 0 Å². The summed E-state index contributed by atoms with van der Waals surface area (Å²) in [5.74, 6) is 1.39. The summed E-state index contributed by atoms with van der Waals surface area (Å²) in [6.07, 6.45) is 4.50. The monoisotopic (exact) mass is 400 g/mol. The highest BCUT2D eigenvalue weighted by Crippen LogP contribution is 2.30. The molecule has 0 amide bonds. The van der Waals surface area contributed by atoms with E-state index in [1.54, 1.807) is 13.3 Å². The number of benzene rings is 2. The van der Waals surface area contributed by atoms with Crippen LogP contribution in [0.2, 0.25) is 0 Å². The number of imidazole rings is 1. The molecule has 152 valence electrons. The number of hydrogen-bond acceptors (Lipinski definition) is 4. The number of aromatic amines is 1. The molecular weight excluding hydrogens is 376 g/mol. The van der Waals surface area contributed by atoms with E-state index in [0.29, 0.717) is 5.95 Å². The van der Waals surface area contributed by atoms with Crippen LogP contribution in [0.1, 0.15) is 22.7 Å². The van der Waals surface area contributed by atoms with Gasteiger partial charge in [-0.05, 0) is 46.9 Å². The normalized spacial score (nSPS) is 11.9. The van der Waals surface area contributed by atoms with Crippen molar-refractivity contribution in [3.8, 4) is 16.9 Å². The number of aryl methyl sites for hydroxylation is 1. The minimum atomic E-state index is -0.104. The van der Waals surface area contributed by atoms with Gasteiger partial charge in [-0.2, -0.15) is 0 Å². The van der Waals surface area contributed by atoms with Gasteiger partial charge >= 0.3 is 0 Å². The van der Waals surface area contributed by atoms with E-state index in [9.17, 15) is 4.79 Å². The Bertz CT molecular complexity index is 1150. The molecule has 2 heterocycles. The first-order valence-corrected chi connectivity index (χ1v) is 9.74. The minimum Gasteiger partial charge on any atom is -0.497 e. The number of nitrogens with zero attached hydrogens (tertiary/aromatic N) is 2. The molecule has 1 unspecified atom stereocenters. The lowest BCUT2D eigenvalue weighted by molar-refractivity contribution is 0.414. The highest BCUT2D eigenvalue weighted by Gasteiger charge is 2.19. The van der Waals surface area contributed by atoms with E-state index >= 15 is 0 Å². The molecule has 0 bridgehead atoms. The van der Waals surface area contributed by atoms with Crippen LogP contribution in [0.5, 0.6) is 5.75 Å². The van der Waals surface area contributed by atoms with Crippen LogP contribution < -0.4 is 16.0 Å². The van der Waals surface area contributed by atoms with Crippen molar-refractivity contribution < 1.29 is 4.74 Å². The number of nitrogens with two attached hydrogens (primary N) is 1. The second-order valence-corrected chi connectivity index (χ2v) is 7.30. The Hall–Kier alpha value is -3.80. The van der Waals surface area contributed by atoms with E-state index in [1.165, 1.54) is 11.6 Å². The van der Waals surface area contributed by atoms with Gasteiger partial charge in [-0.25, -0.2) is 4.98 Å². The maximum atomic E-state index is 11.3. The van der Waals surface area contributed by atoms with Crippen molar-refractivity contribution in [3.05, 3.63) is 100 Å². The molecule has 1 atom stereocenters. The summed E-state index contributed by atoms with van der Waals surface area (Å²) in [5, 5.41) is 0. The number of aromatic nitrogens is 3. The summed E-state index contributed by atoms with van der Waals surface area (Å²) in [4.78, 5) is 18.6. The van der Waals surface area contributed by atoms with Crippen LogP contribution in [0.25, 0.3) is 11.1 Å². The highest BCUT2D eigenvalue weighted by molar-refractivity contribution is 5.62. The maximum absolute atomic E-state index is 11.3. The molecule has 0 fully saturated rings. The first kappa shape index (κ1) is 19.5. The third kappa shape index (κ3) is 4.12. The highest BCUT2D eigenvalue weighted by atomic mass is 16.5. The molecule has 6 nitrogen and oxygen atoms in total. The van der Waals surface area contributed by atoms with E-state index in [4.69, 9.17) is 10.5 Å². The molecule has 0 radical (unpaired) electrons. The predicted molar refractivity (Wildman–Crippen MR) is 119 cm³/mol. The van der Waals surface area contributed by atoms with Gasteiger partial charge in [-0.3, -0.25) is 4.79 Å². The fraction of sp³-hybridized carbons (Fsp3) is 0.167. The van der Waals surface area contributed by atoms with Gasteiger partial charge in [0.05, 0.1) is 12.8 Å². The summed E-state index contributed by atoms with van der Waals surface area (Å²) in [6.45, 7) is 0. The SMILES string of the molecule is COc1ccc(C(Cc2ccc(-c3ccc(=O)[nH]c3)cc2)c2cn(C)c(N)n2)cc1. The lowest BCUT2D eigenvalue weighted by Gasteiger charge is -2.16. The van der Waals surface area contributed by atoms with E-state index in [2.05, 4.69) is 46.4 Å². The van der Waals surface area contributed by atoms with Crippen molar-refractivity contribution in [1.29, 1.82) is 0 Å².